The lowest BCUT2D eigenvalue weighted by Gasteiger charge is -2.42. The van der Waals surface area contributed by atoms with Crippen LogP contribution in [0.3, 0.4) is 0 Å². The molecule has 3 heteroatoms. The molecule has 0 aromatic heterocycles. The SMILES string of the molecule is CCN(CCCC(C#N)(c1ccccc1Cl)C1CCC1)CCc1ccccc1. The van der Waals surface area contributed by atoms with Crippen molar-refractivity contribution < 1.29 is 0 Å². The van der Waals surface area contributed by atoms with Crippen LogP contribution in [0.15, 0.2) is 54.6 Å². The molecule has 1 saturated carbocycles. The van der Waals surface area contributed by atoms with Crippen LogP contribution >= 0.6 is 11.6 Å². The number of nitriles is 1. The molecule has 0 spiro atoms. The first kappa shape index (κ1) is 20.9. The molecule has 0 bridgehead atoms. The summed E-state index contributed by atoms with van der Waals surface area (Å²) in [7, 11) is 0. The van der Waals surface area contributed by atoms with E-state index >= 15 is 0 Å². The van der Waals surface area contributed by atoms with Crippen molar-refractivity contribution in [3.63, 3.8) is 0 Å². The van der Waals surface area contributed by atoms with Gasteiger partial charge in [-0.15, -0.1) is 0 Å². The lowest BCUT2D eigenvalue weighted by molar-refractivity contribution is 0.185. The van der Waals surface area contributed by atoms with E-state index < -0.39 is 5.41 Å². The maximum atomic E-state index is 10.2. The van der Waals surface area contributed by atoms with Gasteiger partial charge in [0.15, 0.2) is 0 Å². The number of likely N-dealkylation sites (N-methyl/N-ethyl adjacent to an activating group) is 1. The van der Waals surface area contributed by atoms with E-state index in [9.17, 15) is 5.26 Å². The Balaban J connectivity index is 1.63. The second-order valence-electron chi connectivity index (χ2n) is 7.96. The molecule has 0 saturated heterocycles. The average Bonchev–Trinajstić information content (AvgIpc) is 2.69. The first-order valence-electron chi connectivity index (χ1n) is 10.6. The molecular formula is C25H31ClN2. The fraction of sp³-hybridized carbons (Fsp3) is 0.480. The highest BCUT2D eigenvalue weighted by Gasteiger charge is 2.44. The van der Waals surface area contributed by atoms with Crippen LogP contribution in [0.1, 0.15) is 50.2 Å². The van der Waals surface area contributed by atoms with E-state index in [4.69, 9.17) is 11.6 Å². The Kier molecular flexibility index (Phi) is 7.54. The van der Waals surface area contributed by atoms with Gasteiger partial charge in [0.25, 0.3) is 0 Å². The van der Waals surface area contributed by atoms with Gasteiger partial charge >= 0.3 is 0 Å². The summed E-state index contributed by atoms with van der Waals surface area (Å²) in [5, 5.41) is 11.0. The summed E-state index contributed by atoms with van der Waals surface area (Å²) in [6, 6.07) is 21.4. The predicted molar refractivity (Wildman–Crippen MR) is 118 cm³/mol. The van der Waals surface area contributed by atoms with Crippen molar-refractivity contribution >= 4 is 11.6 Å². The molecule has 1 aliphatic rings. The summed E-state index contributed by atoms with van der Waals surface area (Å²) in [6.45, 7) is 5.37. The monoisotopic (exact) mass is 394 g/mol. The van der Waals surface area contributed by atoms with Crippen LogP contribution in [0.25, 0.3) is 0 Å². The van der Waals surface area contributed by atoms with Gasteiger partial charge in [-0.2, -0.15) is 5.26 Å². The van der Waals surface area contributed by atoms with Crippen LogP contribution in [0.5, 0.6) is 0 Å². The van der Waals surface area contributed by atoms with Gasteiger partial charge < -0.3 is 4.90 Å². The zero-order chi connectivity index (χ0) is 19.8. The van der Waals surface area contributed by atoms with Gasteiger partial charge in [0.1, 0.15) is 0 Å². The molecule has 148 valence electrons. The van der Waals surface area contributed by atoms with Crippen molar-refractivity contribution in [1.82, 2.24) is 4.90 Å². The molecule has 0 N–H and O–H groups in total. The minimum absolute atomic E-state index is 0.435. The molecule has 1 atom stereocenters. The normalized spacial score (nSPS) is 16.4. The van der Waals surface area contributed by atoms with Crippen molar-refractivity contribution in [3.05, 3.63) is 70.7 Å². The summed E-state index contributed by atoms with van der Waals surface area (Å²) >= 11 is 6.54. The molecule has 0 amide bonds. The van der Waals surface area contributed by atoms with Crippen molar-refractivity contribution in [1.29, 1.82) is 5.26 Å². The van der Waals surface area contributed by atoms with Gasteiger partial charge in [0.2, 0.25) is 0 Å². The van der Waals surface area contributed by atoms with E-state index in [1.54, 1.807) is 0 Å². The minimum Gasteiger partial charge on any atom is -0.303 e. The quantitative estimate of drug-likeness (QED) is 0.476. The number of nitrogens with zero attached hydrogens (tertiary/aromatic N) is 2. The third-order valence-electron chi connectivity index (χ3n) is 6.41. The lowest BCUT2D eigenvalue weighted by atomic mass is 9.61. The summed E-state index contributed by atoms with van der Waals surface area (Å²) in [5.74, 6) is 0.441. The van der Waals surface area contributed by atoms with Gasteiger partial charge in [-0.25, -0.2) is 0 Å². The zero-order valence-electron chi connectivity index (χ0n) is 16.9. The van der Waals surface area contributed by atoms with Gasteiger partial charge in [-0.05, 0) is 68.3 Å². The number of hydrogen-bond donors (Lipinski definition) is 0. The highest BCUT2D eigenvalue weighted by Crippen LogP contribution is 2.48. The highest BCUT2D eigenvalue weighted by molar-refractivity contribution is 6.31. The summed E-state index contributed by atoms with van der Waals surface area (Å²) in [5.41, 5.74) is 1.99. The Morgan fingerprint density at radius 2 is 1.79 bits per heavy atom. The van der Waals surface area contributed by atoms with Crippen molar-refractivity contribution in [2.75, 3.05) is 19.6 Å². The van der Waals surface area contributed by atoms with E-state index in [-0.39, 0.29) is 0 Å². The summed E-state index contributed by atoms with van der Waals surface area (Å²) in [6.07, 6.45) is 6.51. The predicted octanol–water partition coefficient (Wildman–Crippen LogP) is 6.25. The zero-order valence-corrected chi connectivity index (χ0v) is 17.7. The smallest absolute Gasteiger partial charge is 0.0865 e. The Morgan fingerprint density at radius 1 is 1.07 bits per heavy atom. The maximum Gasteiger partial charge on any atom is 0.0865 e. The second-order valence-corrected chi connectivity index (χ2v) is 8.37. The molecule has 0 heterocycles. The molecule has 2 aromatic rings. The van der Waals surface area contributed by atoms with Crippen LogP contribution in [-0.2, 0) is 11.8 Å². The molecule has 2 nitrogen and oxygen atoms in total. The summed E-state index contributed by atoms with van der Waals surface area (Å²) < 4.78 is 0. The van der Waals surface area contributed by atoms with E-state index in [1.165, 1.54) is 12.0 Å². The topological polar surface area (TPSA) is 27.0 Å². The highest BCUT2D eigenvalue weighted by atomic mass is 35.5. The van der Waals surface area contributed by atoms with Crippen molar-refractivity contribution in [3.8, 4) is 6.07 Å². The molecule has 0 radical (unpaired) electrons. The number of rotatable bonds is 10. The van der Waals surface area contributed by atoms with Gasteiger partial charge in [-0.3, -0.25) is 0 Å². The van der Waals surface area contributed by atoms with Crippen LogP contribution in [0.2, 0.25) is 5.02 Å². The van der Waals surface area contributed by atoms with E-state index in [0.29, 0.717) is 5.92 Å². The average molecular weight is 395 g/mol. The Labute approximate surface area is 175 Å². The van der Waals surface area contributed by atoms with Crippen molar-refractivity contribution in [2.45, 2.75) is 50.9 Å². The van der Waals surface area contributed by atoms with Gasteiger partial charge in [0, 0.05) is 11.6 Å². The van der Waals surface area contributed by atoms with Gasteiger partial charge in [-0.1, -0.05) is 73.5 Å². The molecular weight excluding hydrogens is 364 g/mol. The fourth-order valence-corrected chi connectivity index (χ4v) is 4.74. The Hall–Kier alpha value is -1.82. The largest absolute Gasteiger partial charge is 0.303 e. The standard InChI is InChI=1S/C25H31ClN2/c1-2-28(19-16-21-10-4-3-5-11-21)18-9-17-25(20-27,22-12-8-13-22)23-14-6-7-15-24(23)26/h3-7,10-11,14-15,22H,2,8-9,12-13,16-19H2,1H3. The number of halogens is 1. The first-order valence-corrected chi connectivity index (χ1v) is 11.0. The van der Waals surface area contributed by atoms with Crippen LogP contribution in [-0.4, -0.2) is 24.5 Å². The molecule has 1 aliphatic carbocycles. The Bertz CT molecular complexity index is 779. The van der Waals surface area contributed by atoms with E-state index in [0.717, 1.165) is 62.3 Å². The minimum atomic E-state index is -0.435. The molecule has 3 rings (SSSR count). The first-order chi connectivity index (χ1) is 13.7. The van der Waals surface area contributed by atoms with E-state index in [2.05, 4.69) is 54.3 Å². The molecule has 28 heavy (non-hydrogen) atoms. The molecule has 2 aromatic carbocycles. The Morgan fingerprint density at radius 3 is 2.39 bits per heavy atom. The molecule has 1 unspecified atom stereocenters. The third kappa shape index (κ3) is 4.77. The number of benzene rings is 2. The molecule has 1 fully saturated rings. The van der Waals surface area contributed by atoms with Crippen molar-refractivity contribution in [2.24, 2.45) is 5.92 Å². The third-order valence-corrected chi connectivity index (χ3v) is 6.74. The lowest BCUT2D eigenvalue weighted by Crippen LogP contribution is -2.39. The van der Waals surface area contributed by atoms with Crippen LogP contribution < -0.4 is 0 Å². The van der Waals surface area contributed by atoms with Crippen LogP contribution in [0.4, 0.5) is 0 Å². The summed E-state index contributed by atoms with van der Waals surface area (Å²) in [4.78, 5) is 2.50. The maximum absolute atomic E-state index is 10.2. The van der Waals surface area contributed by atoms with E-state index in [1.807, 2.05) is 18.2 Å². The molecule has 0 aliphatic heterocycles. The van der Waals surface area contributed by atoms with Gasteiger partial charge in [0.05, 0.1) is 11.5 Å². The number of hydrogen-bond acceptors (Lipinski definition) is 2. The second kappa shape index (κ2) is 10.1. The fourth-order valence-electron chi connectivity index (χ4n) is 4.43. The van der Waals surface area contributed by atoms with Crippen LogP contribution in [0, 0.1) is 17.2 Å².